The zero-order chi connectivity index (χ0) is 21.1. The highest BCUT2D eigenvalue weighted by Crippen LogP contribution is 2.25. The van der Waals surface area contributed by atoms with Crippen LogP contribution in [-0.4, -0.2) is 46.2 Å². The number of rotatable bonds is 5. The molecular weight excluding hydrogens is 380 g/mol. The van der Waals surface area contributed by atoms with Crippen LogP contribution in [0.4, 0.5) is 0 Å². The molecule has 1 fully saturated rings. The highest BCUT2D eigenvalue weighted by atomic mass is 16.5. The number of carbonyl (C=O) groups is 2. The first-order chi connectivity index (χ1) is 14.6. The monoisotopic (exact) mass is 406 g/mol. The summed E-state index contributed by atoms with van der Waals surface area (Å²) in [6.07, 6.45) is 5.25. The number of carbonyl (C=O) groups excluding carboxylic acids is 2. The van der Waals surface area contributed by atoms with E-state index in [2.05, 4.69) is 10.3 Å². The quantitative estimate of drug-likeness (QED) is 0.707. The number of hydrogen-bond donors (Lipinski definition) is 1. The lowest BCUT2D eigenvalue weighted by Gasteiger charge is -2.31. The standard InChI is InChI=1S/C23H26N4O3/c1-16-6-5-11-27-14-18(25-21(16)27)15-30-20-8-4-3-7-19(20)23(29)26-12-9-17(10-13-26)22(28)24-2/h3-8,11,14,17H,9-10,12-13,15H2,1-2H3,(H,24,28). The molecule has 1 aliphatic rings. The molecule has 2 amide bonds. The molecule has 0 saturated carbocycles. The molecule has 1 N–H and O–H groups in total. The maximum absolute atomic E-state index is 13.1. The molecule has 0 bridgehead atoms. The van der Waals surface area contributed by atoms with E-state index in [4.69, 9.17) is 4.74 Å². The van der Waals surface area contributed by atoms with Crippen molar-refractivity contribution in [3.63, 3.8) is 0 Å². The minimum absolute atomic E-state index is 0.0240. The molecule has 3 heterocycles. The van der Waals surface area contributed by atoms with E-state index in [0.29, 0.717) is 37.2 Å². The summed E-state index contributed by atoms with van der Waals surface area (Å²) >= 11 is 0. The van der Waals surface area contributed by atoms with Gasteiger partial charge in [-0.15, -0.1) is 0 Å². The van der Waals surface area contributed by atoms with Gasteiger partial charge in [0.15, 0.2) is 0 Å². The fourth-order valence-corrected chi connectivity index (χ4v) is 3.91. The number of para-hydroxylation sites is 1. The van der Waals surface area contributed by atoms with Gasteiger partial charge in [-0.05, 0) is 43.5 Å². The minimum Gasteiger partial charge on any atom is -0.486 e. The number of nitrogens with one attached hydrogen (secondary N) is 1. The van der Waals surface area contributed by atoms with Gasteiger partial charge in [0.25, 0.3) is 5.91 Å². The maximum Gasteiger partial charge on any atom is 0.257 e. The van der Waals surface area contributed by atoms with Gasteiger partial charge in [-0.25, -0.2) is 4.98 Å². The molecule has 3 aromatic rings. The number of likely N-dealkylation sites (tertiary alicyclic amines) is 1. The van der Waals surface area contributed by atoms with Gasteiger partial charge in [0.2, 0.25) is 5.91 Å². The summed E-state index contributed by atoms with van der Waals surface area (Å²) in [5.41, 5.74) is 3.34. The molecule has 0 aliphatic carbocycles. The second-order valence-electron chi connectivity index (χ2n) is 7.62. The third-order valence-electron chi connectivity index (χ3n) is 5.62. The Labute approximate surface area is 175 Å². The molecule has 156 valence electrons. The van der Waals surface area contributed by atoms with Crippen molar-refractivity contribution in [2.45, 2.75) is 26.4 Å². The Morgan fingerprint density at radius 3 is 2.67 bits per heavy atom. The van der Waals surface area contributed by atoms with Crippen LogP contribution in [0.25, 0.3) is 5.65 Å². The number of aryl methyl sites for hydroxylation is 1. The van der Waals surface area contributed by atoms with Crippen LogP contribution in [0, 0.1) is 12.8 Å². The van der Waals surface area contributed by atoms with Gasteiger partial charge in [-0.3, -0.25) is 9.59 Å². The first-order valence-corrected chi connectivity index (χ1v) is 10.2. The number of imidazole rings is 1. The zero-order valence-electron chi connectivity index (χ0n) is 17.3. The first-order valence-electron chi connectivity index (χ1n) is 10.2. The van der Waals surface area contributed by atoms with Gasteiger partial charge in [0, 0.05) is 38.4 Å². The van der Waals surface area contributed by atoms with Crippen molar-refractivity contribution in [2.24, 2.45) is 5.92 Å². The summed E-state index contributed by atoms with van der Waals surface area (Å²) in [6, 6.07) is 11.3. The van der Waals surface area contributed by atoms with Crippen molar-refractivity contribution < 1.29 is 14.3 Å². The molecule has 1 saturated heterocycles. The second-order valence-corrected chi connectivity index (χ2v) is 7.62. The number of hydrogen-bond acceptors (Lipinski definition) is 4. The largest absolute Gasteiger partial charge is 0.486 e. The van der Waals surface area contributed by atoms with E-state index in [1.807, 2.05) is 54.0 Å². The number of piperidine rings is 1. The van der Waals surface area contributed by atoms with E-state index >= 15 is 0 Å². The Balaban J connectivity index is 1.45. The number of aromatic nitrogens is 2. The van der Waals surface area contributed by atoms with Crippen molar-refractivity contribution in [1.82, 2.24) is 19.6 Å². The third kappa shape index (κ3) is 4.01. The highest BCUT2D eigenvalue weighted by Gasteiger charge is 2.28. The van der Waals surface area contributed by atoms with Crippen LogP contribution >= 0.6 is 0 Å². The molecule has 1 aromatic carbocycles. The Hall–Kier alpha value is -3.35. The highest BCUT2D eigenvalue weighted by molar-refractivity contribution is 5.97. The van der Waals surface area contributed by atoms with Crippen molar-refractivity contribution in [3.05, 3.63) is 65.6 Å². The molecule has 7 heteroatoms. The summed E-state index contributed by atoms with van der Waals surface area (Å²) in [7, 11) is 1.65. The van der Waals surface area contributed by atoms with Crippen LogP contribution in [0.15, 0.2) is 48.8 Å². The van der Waals surface area contributed by atoms with Crippen LogP contribution in [-0.2, 0) is 11.4 Å². The molecule has 7 nitrogen and oxygen atoms in total. The van der Waals surface area contributed by atoms with Crippen LogP contribution in [0.5, 0.6) is 5.75 Å². The lowest BCUT2D eigenvalue weighted by Crippen LogP contribution is -2.42. The minimum atomic E-state index is -0.0631. The van der Waals surface area contributed by atoms with E-state index in [1.165, 1.54) is 0 Å². The topological polar surface area (TPSA) is 75.9 Å². The van der Waals surface area contributed by atoms with Crippen molar-refractivity contribution in [3.8, 4) is 5.75 Å². The Bertz CT molecular complexity index is 1070. The number of pyridine rings is 1. The molecule has 0 atom stereocenters. The Kier molecular flexibility index (Phi) is 5.70. The predicted octanol–water partition coefficient (Wildman–Crippen LogP) is 2.82. The lowest BCUT2D eigenvalue weighted by atomic mass is 9.95. The van der Waals surface area contributed by atoms with Crippen LogP contribution < -0.4 is 10.1 Å². The molecule has 0 spiro atoms. The number of amides is 2. The van der Waals surface area contributed by atoms with Gasteiger partial charge in [-0.1, -0.05) is 18.2 Å². The van der Waals surface area contributed by atoms with Gasteiger partial charge in [0.05, 0.1) is 11.3 Å². The van der Waals surface area contributed by atoms with E-state index in [1.54, 1.807) is 18.0 Å². The number of nitrogens with zero attached hydrogens (tertiary/aromatic N) is 3. The molecule has 4 rings (SSSR count). The van der Waals surface area contributed by atoms with Crippen LogP contribution in [0.1, 0.15) is 34.5 Å². The summed E-state index contributed by atoms with van der Waals surface area (Å²) in [5, 5.41) is 2.69. The summed E-state index contributed by atoms with van der Waals surface area (Å²) in [6.45, 7) is 3.44. The van der Waals surface area contributed by atoms with Gasteiger partial charge in [0.1, 0.15) is 18.0 Å². The van der Waals surface area contributed by atoms with E-state index in [0.717, 1.165) is 16.9 Å². The smallest absolute Gasteiger partial charge is 0.257 e. The fourth-order valence-electron chi connectivity index (χ4n) is 3.91. The van der Waals surface area contributed by atoms with Crippen molar-refractivity contribution in [1.29, 1.82) is 0 Å². The first kappa shape index (κ1) is 19.9. The molecule has 1 aliphatic heterocycles. The number of fused-ring (bicyclic) bond motifs is 1. The molecule has 30 heavy (non-hydrogen) atoms. The average molecular weight is 406 g/mol. The Morgan fingerprint density at radius 1 is 1.17 bits per heavy atom. The number of benzene rings is 1. The molecule has 0 unspecified atom stereocenters. The maximum atomic E-state index is 13.1. The number of ether oxygens (including phenoxy) is 1. The van der Waals surface area contributed by atoms with E-state index in [-0.39, 0.29) is 24.3 Å². The van der Waals surface area contributed by atoms with Crippen molar-refractivity contribution in [2.75, 3.05) is 20.1 Å². The molecular formula is C23H26N4O3. The summed E-state index contributed by atoms with van der Waals surface area (Å²) < 4.78 is 7.97. The van der Waals surface area contributed by atoms with Crippen LogP contribution in [0.3, 0.4) is 0 Å². The third-order valence-corrected chi connectivity index (χ3v) is 5.62. The summed E-state index contributed by atoms with van der Waals surface area (Å²) in [5.74, 6) is 0.508. The molecule has 0 radical (unpaired) electrons. The normalized spacial score (nSPS) is 14.7. The fraction of sp³-hybridized carbons (Fsp3) is 0.348. The van der Waals surface area contributed by atoms with Gasteiger partial charge >= 0.3 is 0 Å². The summed E-state index contributed by atoms with van der Waals surface area (Å²) in [4.78, 5) is 31.4. The Morgan fingerprint density at radius 2 is 1.93 bits per heavy atom. The second kappa shape index (κ2) is 8.57. The molecule has 2 aromatic heterocycles. The SMILES string of the molecule is CNC(=O)C1CCN(C(=O)c2ccccc2OCc2cn3cccc(C)c3n2)CC1. The van der Waals surface area contributed by atoms with Crippen LogP contribution in [0.2, 0.25) is 0 Å². The lowest BCUT2D eigenvalue weighted by molar-refractivity contribution is -0.125. The predicted molar refractivity (Wildman–Crippen MR) is 113 cm³/mol. The van der Waals surface area contributed by atoms with Gasteiger partial charge in [-0.2, -0.15) is 0 Å². The van der Waals surface area contributed by atoms with E-state index < -0.39 is 0 Å². The van der Waals surface area contributed by atoms with Gasteiger partial charge < -0.3 is 19.4 Å². The van der Waals surface area contributed by atoms with Crippen molar-refractivity contribution >= 4 is 17.5 Å². The van der Waals surface area contributed by atoms with E-state index in [9.17, 15) is 9.59 Å². The zero-order valence-corrected chi connectivity index (χ0v) is 17.3. The average Bonchev–Trinajstić information content (AvgIpc) is 3.21.